The average Bonchev–Trinajstić information content (AvgIpc) is 3.35. The van der Waals surface area contributed by atoms with E-state index in [0.29, 0.717) is 22.8 Å². The standard InChI is InChI=1S/C19H21N3O4S/c1-11-5-15(6-12(2)16(11)7-20)26-19-17(8-23)22(14-9-27(24,25)10-14)21-18(19)13-3-4-13/h5-6,13-14,23H,3-4,8-10H2,1-2H3. The topological polar surface area (TPSA) is 105 Å². The number of ether oxygens (including phenoxy) is 1. The van der Waals surface area contributed by atoms with Crippen molar-refractivity contribution in [3.63, 3.8) is 0 Å². The SMILES string of the molecule is Cc1cc(Oc2c(C3CC3)nn(C3CS(=O)(=O)C3)c2CO)cc(C)c1C#N. The summed E-state index contributed by atoms with van der Waals surface area (Å²) in [4.78, 5) is 0. The van der Waals surface area contributed by atoms with E-state index in [4.69, 9.17) is 4.74 Å². The van der Waals surface area contributed by atoms with Crippen molar-refractivity contribution in [2.75, 3.05) is 11.5 Å². The molecule has 2 fully saturated rings. The van der Waals surface area contributed by atoms with Crippen molar-refractivity contribution in [1.82, 2.24) is 9.78 Å². The van der Waals surface area contributed by atoms with Crippen LogP contribution >= 0.6 is 0 Å². The van der Waals surface area contributed by atoms with Crippen LogP contribution in [-0.2, 0) is 16.4 Å². The molecule has 0 spiro atoms. The first kappa shape index (κ1) is 18.0. The van der Waals surface area contributed by atoms with Gasteiger partial charge in [0.15, 0.2) is 15.6 Å². The number of hydrogen-bond acceptors (Lipinski definition) is 6. The Bertz CT molecular complexity index is 1030. The van der Waals surface area contributed by atoms with Crippen LogP contribution in [0.1, 0.15) is 52.9 Å². The number of hydrogen-bond donors (Lipinski definition) is 1. The maximum absolute atomic E-state index is 11.6. The Morgan fingerprint density at radius 3 is 2.41 bits per heavy atom. The van der Waals surface area contributed by atoms with Crippen molar-refractivity contribution in [3.8, 4) is 17.6 Å². The maximum atomic E-state index is 11.6. The molecular formula is C19H21N3O4S. The molecule has 142 valence electrons. The average molecular weight is 387 g/mol. The Kier molecular flexibility index (Phi) is 4.24. The number of sulfone groups is 1. The molecule has 2 heterocycles. The van der Waals surface area contributed by atoms with Gasteiger partial charge in [-0.05, 0) is 49.9 Å². The van der Waals surface area contributed by atoms with Gasteiger partial charge in [0.05, 0.1) is 35.8 Å². The van der Waals surface area contributed by atoms with Crippen LogP contribution in [0, 0.1) is 25.2 Å². The lowest BCUT2D eigenvalue weighted by molar-refractivity contribution is 0.258. The third kappa shape index (κ3) is 3.22. The summed E-state index contributed by atoms with van der Waals surface area (Å²) in [6.45, 7) is 3.44. The number of nitrogens with zero attached hydrogens (tertiary/aromatic N) is 3. The summed E-state index contributed by atoms with van der Waals surface area (Å²) >= 11 is 0. The minimum absolute atomic E-state index is 0.0420. The third-order valence-corrected chi connectivity index (χ3v) is 6.96. The molecule has 27 heavy (non-hydrogen) atoms. The molecule has 1 aliphatic carbocycles. The van der Waals surface area contributed by atoms with Gasteiger partial charge in [-0.25, -0.2) is 8.42 Å². The van der Waals surface area contributed by atoms with Crippen molar-refractivity contribution in [2.24, 2.45) is 0 Å². The second kappa shape index (κ2) is 6.36. The van der Waals surface area contributed by atoms with E-state index >= 15 is 0 Å². The van der Waals surface area contributed by atoms with Gasteiger partial charge in [0.2, 0.25) is 0 Å². The zero-order valence-electron chi connectivity index (χ0n) is 15.3. The number of rotatable bonds is 5. The van der Waals surface area contributed by atoms with Gasteiger partial charge in [-0.2, -0.15) is 10.4 Å². The molecule has 4 rings (SSSR count). The highest BCUT2D eigenvalue weighted by atomic mass is 32.2. The van der Waals surface area contributed by atoms with Gasteiger partial charge in [-0.3, -0.25) is 4.68 Å². The molecule has 2 aromatic rings. The van der Waals surface area contributed by atoms with E-state index in [9.17, 15) is 18.8 Å². The Morgan fingerprint density at radius 1 is 1.30 bits per heavy atom. The molecule has 1 aromatic heterocycles. The monoisotopic (exact) mass is 387 g/mol. The third-order valence-electron chi connectivity index (χ3n) is 5.18. The van der Waals surface area contributed by atoms with E-state index in [1.807, 2.05) is 13.8 Å². The van der Waals surface area contributed by atoms with Crippen molar-refractivity contribution in [2.45, 2.75) is 45.3 Å². The number of aryl methyl sites for hydroxylation is 2. The summed E-state index contributed by atoms with van der Waals surface area (Å²) in [7, 11) is -3.00. The molecule has 1 aromatic carbocycles. The lowest BCUT2D eigenvalue weighted by Crippen LogP contribution is -2.39. The summed E-state index contributed by atoms with van der Waals surface area (Å²) < 4.78 is 30.9. The maximum Gasteiger partial charge on any atom is 0.174 e. The van der Waals surface area contributed by atoms with Crippen LogP contribution < -0.4 is 4.74 Å². The number of aliphatic hydroxyl groups excluding tert-OH is 1. The molecule has 0 unspecified atom stereocenters. The van der Waals surface area contributed by atoms with E-state index in [1.54, 1.807) is 16.8 Å². The normalized spacial score (nSPS) is 18.7. The van der Waals surface area contributed by atoms with Crippen LogP contribution in [0.25, 0.3) is 0 Å². The smallest absolute Gasteiger partial charge is 0.174 e. The summed E-state index contributed by atoms with van der Waals surface area (Å²) in [5.41, 5.74) is 3.56. The Hall–Kier alpha value is -2.37. The Labute approximate surface area is 158 Å². The van der Waals surface area contributed by atoms with Crippen molar-refractivity contribution < 1.29 is 18.3 Å². The van der Waals surface area contributed by atoms with Crippen LogP contribution in [0.15, 0.2) is 12.1 Å². The lowest BCUT2D eigenvalue weighted by atomic mass is 10.0. The molecule has 0 radical (unpaired) electrons. The number of aromatic nitrogens is 2. The zero-order chi connectivity index (χ0) is 19.3. The molecule has 2 aliphatic rings. The van der Waals surface area contributed by atoms with Crippen LogP contribution in [0.5, 0.6) is 11.5 Å². The molecule has 7 nitrogen and oxygen atoms in total. The van der Waals surface area contributed by atoms with E-state index < -0.39 is 9.84 Å². The number of aliphatic hydroxyl groups is 1. The molecular weight excluding hydrogens is 366 g/mol. The fourth-order valence-corrected chi connectivity index (χ4v) is 4.97. The molecule has 0 bridgehead atoms. The van der Waals surface area contributed by atoms with Crippen molar-refractivity contribution in [3.05, 3.63) is 40.2 Å². The van der Waals surface area contributed by atoms with Gasteiger partial charge in [-0.1, -0.05) is 0 Å². The Balaban J connectivity index is 1.74. The summed E-state index contributed by atoms with van der Waals surface area (Å²) in [6, 6.07) is 5.54. The second-order valence-electron chi connectivity index (χ2n) is 7.41. The van der Waals surface area contributed by atoms with E-state index in [2.05, 4.69) is 11.2 Å². The summed E-state index contributed by atoms with van der Waals surface area (Å²) in [5.74, 6) is 1.47. The fraction of sp³-hybridized carbons (Fsp3) is 0.474. The molecule has 1 saturated heterocycles. The lowest BCUT2D eigenvalue weighted by Gasteiger charge is -2.27. The van der Waals surface area contributed by atoms with Gasteiger partial charge in [0.1, 0.15) is 17.1 Å². The highest BCUT2D eigenvalue weighted by Crippen LogP contribution is 2.47. The fourth-order valence-electron chi connectivity index (χ4n) is 3.61. The zero-order valence-corrected chi connectivity index (χ0v) is 16.1. The van der Waals surface area contributed by atoms with Gasteiger partial charge in [0, 0.05) is 5.92 Å². The predicted molar refractivity (Wildman–Crippen MR) is 98.5 cm³/mol. The van der Waals surface area contributed by atoms with Gasteiger partial charge in [0.25, 0.3) is 0 Å². The van der Waals surface area contributed by atoms with E-state index in [0.717, 1.165) is 29.7 Å². The van der Waals surface area contributed by atoms with Gasteiger partial charge in [-0.15, -0.1) is 0 Å². The van der Waals surface area contributed by atoms with Crippen LogP contribution in [0.3, 0.4) is 0 Å². The van der Waals surface area contributed by atoms with Gasteiger partial charge < -0.3 is 9.84 Å². The Morgan fingerprint density at radius 2 is 1.93 bits per heavy atom. The van der Waals surface area contributed by atoms with Crippen LogP contribution in [0.2, 0.25) is 0 Å². The van der Waals surface area contributed by atoms with Crippen LogP contribution in [0.4, 0.5) is 0 Å². The van der Waals surface area contributed by atoms with Crippen LogP contribution in [-0.4, -0.2) is 34.8 Å². The van der Waals surface area contributed by atoms with Gasteiger partial charge >= 0.3 is 0 Å². The second-order valence-corrected chi connectivity index (χ2v) is 9.57. The van der Waals surface area contributed by atoms with Crippen molar-refractivity contribution in [1.29, 1.82) is 5.26 Å². The van der Waals surface area contributed by atoms with E-state index in [1.165, 1.54) is 0 Å². The first-order chi connectivity index (χ1) is 12.8. The first-order valence-electron chi connectivity index (χ1n) is 8.94. The van der Waals surface area contributed by atoms with E-state index in [-0.39, 0.29) is 30.1 Å². The largest absolute Gasteiger partial charge is 0.453 e. The molecule has 0 amide bonds. The minimum Gasteiger partial charge on any atom is -0.453 e. The molecule has 1 N–H and O–H groups in total. The summed E-state index contributed by atoms with van der Waals surface area (Å²) in [5, 5.41) is 23.8. The highest BCUT2D eigenvalue weighted by molar-refractivity contribution is 7.92. The predicted octanol–water partition coefficient (Wildman–Crippen LogP) is 2.50. The molecule has 1 aliphatic heterocycles. The minimum atomic E-state index is -3.00. The first-order valence-corrected chi connectivity index (χ1v) is 10.8. The molecule has 8 heteroatoms. The molecule has 1 saturated carbocycles. The number of benzene rings is 1. The highest BCUT2D eigenvalue weighted by Gasteiger charge is 2.40. The quantitative estimate of drug-likeness (QED) is 0.845. The summed E-state index contributed by atoms with van der Waals surface area (Å²) in [6.07, 6.45) is 2.01. The van der Waals surface area contributed by atoms with Crippen molar-refractivity contribution >= 4 is 9.84 Å². The molecule has 0 atom stereocenters. The number of nitriles is 1.